The smallest absolute Gasteiger partial charge is 0.239 e. The summed E-state index contributed by atoms with van der Waals surface area (Å²) in [4.78, 5) is 26.6. The zero-order chi connectivity index (χ0) is 17.6. The van der Waals surface area contributed by atoms with Crippen molar-refractivity contribution in [2.75, 3.05) is 18.0 Å². The summed E-state index contributed by atoms with van der Waals surface area (Å²) in [7, 11) is 0. The minimum atomic E-state index is -0.573. The maximum absolute atomic E-state index is 12.6. The lowest BCUT2D eigenvalue weighted by molar-refractivity contribution is -0.132. The van der Waals surface area contributed by atoms with Crippen LogP contribution in [-0.2, 0) is 16.0 Å². The van der Waals surface area contributed by atoms with Gasteiger partial charge in [-0.2, -0.15) is 0 Å². The van der Waals surface area contributed by atoms with E-state index < -0.39 is 5.92 Å². The van der Waals surface area contributed by atoms with Crippen molar-refractivity contribution in [1.29, 1.82) is 0 Å². The maximum atomic E-state index is 12.6. The van der Waals surface area contributed by atoms with Crippen LogP contribution in [0.1, 0.15) is 18.4 Å². The van der Waals surface area contributed by atoms with Gasteiger partial charge in [0.15, 0.2) is 0 Å². The fourth-order valence-electron chi connectivity index (χ4n) is 3.10. The number of halogens is 1. The number of aryl methyl sites for hydroxylation is 1. The molecule has 1 N–H and O–H groups in total. The molecule has 0 aromatic heterocycles. The molecule has 5 heteroatoms. The zero-order valence-corrected chi connectivity index (χ0v) is 15.5. The average Bonchev–Trinajstić information content (AvgIpc) is 3.01. The Balaban J connectivity index is 1.49. The molecule has 0 aliphatic carbocycles. The third-order valence-corrected chi connectivity index (χ3v) is 4.92. The van der Waals surface area contributed by atoms with Crippen molar-refractivity contribution in [1.82, 2.24) is 5.32 Å². The quantitative estimate of drug-likeness (QED) is 0.595. The lowest BCUT2D eigenvalue weighted by atomic mass is 10.1. The van der Waals surface area contributed by atoms with Crippen LogP contribution in [0.5, 0.6) is 0 Å². The number of amides is 2. The van der Waals surface area contributed by atoms with Crippen molar-refractivity contribution in [3.63, 3.8) is 0 Å². The largest absolute Gasteiger partial charge is 0.355 e. The van der Waals surface area contributed by atoms with Crippen LogP contribution in [0.25, 0.3) is 0 Å². The van der Waals surface area contributed by atoms with Gasteiger partial charge in [-0.15, -0.1) is 0 Å². The number of hydrogen-bond acceptors (Lipinski definition) is 2. The molecule has 4 nitrogen and oxygen atoms in total. The number of carbonyl (C=O) groups excluding carboxylic acids is 2. The molecule has 3 rings (SSSR count). The zero-order valence-electron chi connectivity index (χ0n) is 14.0. The van der Waals surface area contributed by atoms with Crippen LogP contribution in [-0.4, -0.2) is 24.9 Å². The summed E-state index contributed by atoms with van der Waals surface area (Å²) in [5, 5.41) is 2.91. The molecule has 2 aromatic carbocycles. The molecule has 0 saturated carbocycles. The van der Waals surface area contributed by atoms with E-state index >= 15 is 0 Å². The van der Waals surface area contributed by atoms with Gasteiger partial charge in [-0.25, -0.2) is 0 Å². The molecule has 1 aliphatic rings. The van der Waals surface area contributed by atoms with Gasteiger partial charge in [0, 0.05) is 23.2 Å². The number of anilines is 1. The third-order valence-electron chi connectivity index (χ3n) is 4.43. The highest BCUT2D eigenvalue weighted by molar-refractivity contribution is 9.10. The Morgan fingerprint density at radius 3 is 2.72 bits per heavy atom. The first kappa shape index (κ1) is 17.7. The fourth-order valence-corrected chi connectivity index (χ4v) is 3.48. The number of benzene rings is 2. The van der Waals surface area contributed by atoms with E-state index in [2.05, 4.69) is 33.4 Å². The standard InChI is InChI=1S/C20H21BrN2O2/c21-16-9-4-10-17(14-16)23-13-11-18(20(23)25)19(24)22-12-5-8-15-6-2-1-3-7-15/h1-4,6-7,9-10,14,18H,5,8,11-13H2,(H,22,24). The first-order chi connectivity index (χ1) is 12.1. The van der Waals surface area contributed by atoms with Crippen molar-refractivity contribution < 1.29 is 9.59 Å². The minimum Gasteiger partial charge on any atom is -0.355 e. The molecule has 1 fully saturated rings. The molecule has 0 radical (unpaired) electrons. The summed E-state index contributed by atoms with van der Waals surface area (Å²) < 4.78 is 0.923. The summed E-state index contributed by atoms with van der Waals surface area (Å²) in [5.74, 6) is -0.843. The molecule has 1 atom stereocenters. The second-order valence-corrected chi connectivity index (χ2v) is 7.11. The molecular weight excluding hydrogens is 380 g/mol. The predicted octanol–water partition coefficient (Wildman–Crippen LogP) is 3.55. The van der Waals surface area contributed by atoms with Crippen molar-refractivity contribution in [3.05, 3.63) is 64.6 Å². The number of rotatable bonds is 6. The predicted molar refractivity (Wildman–Crippen MR) is 102 cm³/mol. The summed E-state index contributed by atoms with van der Waals surface area (Å²) in [6, 6.07) is 17.8. The molecule has 2 aromatic rings. The van der Waals surface area contributed by atoms with Gasteiger partial charge in [0.25, 0.3) is 0 Å². The topological polar surface area (TPSA) is 49.4 Å². The van der Waals surface area contributed by atoms with Crippen molar-refractivity contribution in [2.45, 2.75) is 19.3 Å². The van der Waals surface area contributed by atoms with Crippen molar-refractivity contribution in [2.24, 2.45) is 5.92 Å². The van der Waals surface area contributed by atoms with Crippen LogP contribution in [0.2, 0.25) is 0 Å². The Hall–Kier alpha value is -2.14. The first-order valence-corrected chi connectivity index (χ1v) is 9.33. The summed E-state index contributed by atoms with van der Waals surface area (Å²) in [6.45, 7) is 1.17. The Kier molecular flexibility index (Phi) is 5.87. The Morgan fingerprint density at radius 1 is 1.16 bits per heavy atom. The highest BCUT2D eigenvalue weighted by Crippen LogP contribution is 2.27. The summed E-state index contributed by atoms with van der Waals surface area (Å²) in [5.41, 5.74) is 2.09. The van der Waals surface area contributed by atoms with Crippen LogP contribution in [0.4, 0.5) is 5.69 Å². The van der Waals surface area contributed by atoms with Gasteiger partial charge in [0.1, 0.15) is 5.92 Å². The highest BCUT2D eigenvalue weighted by Gasteiger charge is 2.37. The highest BCUT2D eigenvalue weighted by atomic mass is 79.9. The summed E-state index contributed by atoms with van der Waals surface area (Å²) in [6.07, 6.45) is 2.35. The van der Waals surface area contributed by atoms with E-state index in [0.717, 1.165) is 23.0 Å². The molecule has 1 heterocycles. The fraction of sp³-hybridized carbons (Fsp3) is 0.300. The molecule has 0 spiro atoms. The molecule has 1 saturated heterocycles. The molecular formula is C20H21BrN2O2. The number of nitrogens with zero attached hydrogens (tertiary/aromatic N) is 1. The van der Waals surface area contributed by atoms with E-state index in [1.54, 1.807) is 4.90 Å². The van der Waals surface area contributed by atoms with Gasteiger partial charge in [-0.05, 0) is 43.0 Å². The lowest BCUT2D eigenvalue weighted by Crippen LogP contribution is -2.37. The van der Waals surface area contributed by atoms with Crippen LogP contribution < -0.4 is 10.2 Å². The SMILES string of the molecule is O=C(NCCCc1ccccc1)C1CCN(c2cccc(Br)c2)C1=O. The second-order valence-electron chi connectivity index (χ2n) is 6.19. The van der Waals surface area contributed by atoms with E-state index in [-0.39, 0.29) is 11.8 Å². The lowest BCUT2D eigenvalue weighted by Gasteiger charge is -2.17. The third kappa shape index (κ3) is 4.48. The van der Waals surface area contributed by atoms with Crippen molar-refractivity contribution in [3.8, 4) is 0 Å². The number of carbonyl (C=O) groups is 2. The monoisotopic (exact) mass is 400 g/mol. The second kappa shape index (κ2) is 8.30. The van der Waals surface area contributed by atoms with Gasteiger partial charge in [0.2, 0.25) is 11.8 Å². The van der Waals surface area contributed by atoms with Crippen LogP contribution >= 0.6 is 15.9 Å². The molecule has 1 aliphatic heterocycles. The Labute approximate surface area is 156 Å². The maximum Gasteiger partial charge on any atom is 0.239 e. The first-order valence-electron chi connectivity index (χ1n) is 8.54. The van der Waals surface area contributed by atoms with E-state index in [1.807, 2.05) is 42.5 Å². The molecule has 2 amide bonds. The van der Waals surface area contributed by atoms with E-state index in [4.69, 9.17) is 0 Å². The molecule has 0 bridgehead atoms. The van der Waals surface area contributed by atoms with E-state index in [1.165, 1.54) is 5.56 Å². The Bertz CT molecular complexity index is 748. The van der Waals surface area contributed by atoms with Gasteiger partial charge >= 0.3 is 0 Å². The Morgan fingerprint density at radius 2 is 1.96 bits per heavy atom. The normalized spacial score (nSPS) is 16.9. The average molecular weight is 401 g/mol. The van der Waals surface area contributed by atoms with E-state index in [9.17, 15) is 9.59 Å². The van der Waals surface area contributed by atoms with Gasteiger partial charge in [0.05, 0.1) is 0 Å². The number of hydrogen-bond donors (Lipinski definition) is 1. The van der Waals surface area contributed by atoms with Crippen molar-refractivity contribution >= 4 is 33.4 Å². The molecule has 25 heavy (non-hydrogen) atoms. The molecule has 1 unspecified atom stereocenters. The van der Waals surface area contributed by atoms with Gasteiger partial charge < -0.3 is 10.2 Å². The van der Waals surface area contributed by atoms with Crippen LogP contribution in [0, 0.1) is 5.92 Å². The van der Waals surface area contributed by atoms with E-state index in [0.29, 0.717) is 19.5 Å². The minimum absolute atomic E-state index is 0.112. The molecule has 130 valence electrons. The number of nitrogens with one attached hydrogen (secondary N) is 1. The van der Waals surface area contributed by atoms with Crippen LogP contribution in [0.3, 0.4) is 0 Å². The van der Waals surface area contributed by atoms with Gasteiger partial charge in [-0.1, -0.05) is 52.3 Å². The van der Waals surface area contributed by atoms with Crippen LogP contribution in [0.15, 0.2) is 59.1 Å². The summed E-state index contributed by atoms with van der Waals surface area (Å²) >= 11 is 3.42. The van der Waals surface area contributed by atoms with Gasteiger partial charge in [-0.3, -0.25) is 9.59 Å².